The van der Waals surface area contributed by atoms with Gasteiger partial charge in [0.2, 0.25) is 0 Å². The zero-order valence-electron chi connectivity index (χ0n) is 15.3. The first-order valence-electron chi connectivity index (χ1n) is 8.75. The highest BCUT2D eigenvalue weighted by molar-refractivity contribution is 6.08. The van der Waals surface area contributed by atoms with Crippen molar-refractivity contribution < 1.29 is 13.6 Å². The Bertz CT molecular complexity index is 1190. The molecule has 0 atom stereocenters. The second kappa shape index (κ2) is 6.88. The second-order valence-electron chi connectivity index (χ2n) is 6.68. The van der Waals surface area contributed by atoms with Crippen LogP contribution in [0.4, 0.5) is 14.6 Å². The average Bonchev–Trinajstić information content (AvgIpc) is 3.06. The number of H-pyrrole nitrogens is 1. The van der Waals surface area contributed by atoms with E-state index in [1.54, 1.807) is 0 Å². The zero-order chi connectivity index (χ0) is 19.8. The molecule has 0 bridgehead atoms. The molecule has 3 aromatic carbocycles. The summed E-state index contributed by atoms with van der Waals surface area (Å²) in [6.45, 7) is 4.12. The van der Waals surface area contributed by atoms with Gasteiger partial charge in [0, 0.05) is 10.9 Å². The number of hydrogen-bond donors (Lipinski definition) is 2. The molecular formula is C22H17F2N3O. The lowest BCUT2D eigenvalue weighted by Crippen LogP contribution is -2.13. The van der Waals surface area contributed by atoms with Crippen molar-refractivity contribution >= 4 is 22.6 Å². The standard InChI is InChI=1S/C22H17F2N3O/c1-12-4-3-5-13(2)20(12)14-6-8-16-19(11-14)26-27-21(16)25-22(28)15-7-9-17(23)18(24)10-15/h3-11H,1-2H3,(H2,25,26,27,28). The molecule has 0 aliphatic carbocycles. The van der Waals surface area contributed by atoms with Crippen LogP contribution in [-0.4, -0.2) is 16.1 Å². The Morgan fingerprint density at radius 2 is 1.71 bits per heavy atom. The van der Waals surface area contributed by atoms with Crippen LogP contribution in [-0.2, 0) is 0 Å². The Hall–Kier alpha value is -3.54. The van der Waals surface area contributed by atoms with E-state index < -0.39 is 17.5 Å². The van der Waals surface area contributed by atoms with Gasteiger partial charge in [0.1, 0.15) is 0 Å². The molecule has 4 aromatic rings. The third kappa shape index (κ3) is 3.13. The molecule has 1 aromatic heterocycles. The van der Waals surface area contributed by atoms with Crippen LogP contribution in [0.3, 0.4) is 0 Å². The summed E-state index contributed by atoms with van der Waals surface area (Å²) >= 11 is 0. The molecule has 0 aliphatic rings. The number of fused-ring (bicyclic) bond motifs is 1. The van der Waals surface area contributed by atoms with Crippen molar-refractivity contribution in [2.75, 3.05) is 5.32 Å². The fourth-order valence-electron chi connectivity index (χ4n) is 3.36. The van der Waals surface area contributed by atoms with Gasteiger partial charge in [-0.05, 0) is 66.4 Å². The topological polar surface area (TPSA) is 57.8 Å². The highest BCUT2D eigenvalue weighted by Gasteiger charge is 2.14. The highest BCUT2D eigenvalue weighted by Crippen LogP contribution is 2.31. The van der Waals surface area contributed by atoms with Gasteiger partial charge in [-0.3, -0.25) is 9.89 Å². The van der Waals surface area contributed by atoms with Gasteiger partial charge in [0.25, 0.3) is 5.91 Å². The minimum Gasteiger partial charge on any atom is -0.305 e. The van der Waals surface area contributed by atoms with Crippen LogP contribution in [0.2, 0.25) is 0 Å². The third-order valence-corrected chi connectivity index (χ3v) is 4.75. The van der Waals surface area contributed by atoms with E-state index >= 15 is 0 Å². The van der Waals surface area contributed by atoms with Crippen molar-refractivity contribution in [2.24, 2.45) is 0 Å². The number of benzene rings is 3. The summed E-state index contributed by atoms with van der Waals surface area (Å²) in [5, 5.41) is 10.4. The van der Waals surface area contributed by atoms with Crippen molar-refractivity contribution in [1.29, 1.82) is 0 Å². The monoisotopic (exact) mass is 377 g/mol. The summed E-state index contributed by atoms with van der Waals surface area (Å²) < 4.78 is 26.4. The van der Waals surface area contributed by atoms with E-state index in [1.807, 2.05) is 24.3 Å². The van der Waals surface area contributed by atoms with E-state index in [1.165, 1.54) is 17.2 Å². The molecule has 4 rings (SSSR count). The molecule has 140 valence electrons. The molecule has 0 radical (unpaired) electrons. The second-order valence-corrected chi connectivity index (χ2v) is 6.68. The maximum atomic E-state index is 13.4. The predicted octanol–water partition coefficient (Wildman–Crippen LogP) is 5.38. The number of aromatic amines is 1. The average molecular weight is 377 g/mol. The van der Waals surface area contributed by atoms with Gasteiger partial charge in [0.05, 0.1) is 5.52 Å². The van der Waals surface area contributed by atoms with E-state index in [-0.39, 0.29) is 5.56 Å². The van der Waals surface area contributed by atoms with Gasteiger partial charge in [-0.25, -0.2) is 8.78 Å². The van der Waals surface area contributed by atoms with E-state index in [4.69, 9.17) is 0 Å². The SMILES string of the molecule is Cc1cccc(C)c1-c1ccc2c(NC(=O)c3ccc(F)c(F)c3)n[nH]c2c1. The number of carbonyl (C=O) groups excluding carboxylic acids is 1. The molecule has 6 heteroatoms. The Labute approximate surface area is 160 Å². The molecule has 0 spiro atoms. The van der Waals surface area contributed by atoms with E-state index in [2.05, 4.69) is 41.5 Å². The number of rotatable bonds is 3. The van der Waals surface area contributed by atoms with Crippen molar-refractivity contribution in [3.63, 3.8) is 0 Å². The molecule has 0 aliphatic heterocycles. The molecule has 2 N–H and O–H groups in total. The van der Waals surface area contributed by atoms with Gasteiger partial charge in [-0.15, -0.1) is 0 Å². The minimum absolute atomic E-state index is 0.0159. The smallest absolute Gasteiger partial charge is 0.256 e. The van der Waals surface area contributed by atoms with Gasteiger partial charge >= 0.3 is 0 Å². The maximum absolute atomic E-state index is 13.4. The van der Waals surface area contributed by atoms with Crippen molar-refractivity contribution in [2.45, 2.75) is 13.8 Å². The van der Waals surface area contributed by atoms with E-state index in [0.29, 0.717) is 5.82 Å². The van der Waals surface area contributed by atoms with Gasteiger partial charge < -0.3 is 5.32 Å². The summed E-state index contributed by atoms with van der Waals surface area (Å²) in [6.07, 6.45) is 0. The van der Waals surface area contributed by atoms with E-state index in [0.717, 1.165) is 34.2 Å². The van der Waals surface area contributed by atoms with Crippen LogP contribution >= 0.6 is 0 Å². The quantitative estimate of drug-likeness (QED) is 0.504. The number of halogens is 2. The molecule has 1 amide bonds. The number of aryl methyl sites for hydroxylation is 2. The van der Waals surface area contributed by atoms with Crippen LogP contribution in [0.25, 0.3) is 22.0 Å². The molecule has 1 heterocycles. The fourth-order valence-corrected chi connectivity index (χ4v) is 3.36. The normalized spacial score (nSPS) is 11.0. The Morgan fingerprint density at radius 3 is 2.43 bits per heavy atom. The van der Waals surface area contributed by atoms with Gasteiger partial charge in [-0.1, -0.05) is 24.3 Å². The Kier molecular flexibility index (Phi) is 4.39. The molecule has 0 saturated heterocycles. The van der Waals surface area contributed by atoms with Crippen LogP contribution in [0.5, 0.6) is 0 Å². The summed E-state index contributed by atoms with van der Waals surface area (Å²) in [4.78, 5) is 12.3. The van der Waals surface area contributed by atoms with Crippen LogP contribution in [0, 0.1) is 25.5 Å². The minimum atomic E-state index is -1.07. The first-order chi connectivity index (χ1) is 13.4. The lowest BCUT2D eigenvalue weighted by atomic mass is 9.95. The molecule has 28 heavy (non-hydrogen) atoms. The summed E-state index contributed by atoms with van der Waals surface area (Å²) in [5.41, 5.74) is 5.33. The number of nitrogens with one attached hydrogen (secondary N) is 2. The molecule has 0 saturated carbocycles. The number of nitrogens with zero attached hydrogens (tertiary/aromatic N) is 1. The number of hydrogen-bond acceptors (Lipinski definition) is 2. The first-order valence-corrected chi connectivity index (χ1v) is 8.75. The van der Waals surface area contributed by atoms with Gasteiger partial charge in [0.15, 0.2) is 17.5 Å². The van der Waals surface area contributed by atoms with Crippen LogP contribution in [0.1, 0.15) is 21.5 Å². The largest absolute Gasteiger partial charge is 0.305 e. The van der Waals surface area contributed by atoms with E-state index in [9.17, 15) is 13.6 Å². The summed E-state index contributed by atoms with van der Waals surface area (Å²) in [7, 11) is 0. The van der Waals surface area contributed by atoms with Crippen LogP contribution in [0.15, 0.2) is 54.6 Å². The maximum Gasteiger partial charge on any atom is 0.256 e. The summed E-state index contributed by atoms with van der Waals surface area (Å²) in [5.74, 6) is -2.30. The number of anilines is 1. The van der Waals surface area contributed by atoms with Gasteiger partial charge in [-0.2, -0.15) is 5.10 Å². The lowest BCUT2D eigenvalue weighted by Gasteiger charge is -2.10. The first kappa shape index (κ1) is 17.9. The van der Waals surface area contributed by atoms with Crippen LogP contribution < -0.4 is 5.32 Å². The number of carbonyl (C=O) groups is 1. The fraction of sp³-hybridized carbons (Fsp3) is 0.0909. The van der Waals surface area contributed by atoms with Crippen molar-refractivity contribution in [3.8, 4) is 11.1 Å². The molecular weight excluding hydrogens is 360 g/mol. The third-order valence-electron chi connectivity index (χ3n) is 4.75. The molecule has 0 unspecified atom stereocenters. The molecule has 0 fully saturated rings. The Balaban J connectivity index is 1.67. The summed E-state index contributed by atoms with van der Waals surface area (Å²) in [6, 6.07) is 15.0. The highest BCUT2D eigenvalue weighted by atomic mass is 19.2. The van der Waals surface area contributed by atoms with Crippen molar-refractivity contribution in [3.05, 3.63) is 82.9 Å². The lowest BCUT2D eigenvalue weighted by molar-refractivity contribution is 0.102. The zero-order valence-corrected chi connectivity index (χ0v) is 15.3. The predicted molar refractivity (Wildman–Crippen MR) is 105 cm³/mol. The number of aromatic nitrogens is 2. The Morgan fingerprint density at radius 1 is 0.964 bits per heavy atom. The number of amides is 1. The molecule has 4 nitrogen and oxygen atoms in total. The van der Waals surface area contributed by atoms with Crippen molar-refractivity contribution in [1.82, 2.24) is 10.2 Å².